The first-order valence-corrected chi connectivity index (χ1v) is 13.5. The average molecular weight is 522 g/mol. The van der Waals surface area contributed by atoms with Gasteiger partial charge in [0, 0.05) is 29.6 Å². The highest BCUT2D eigenvalue weighted by Crippen LogP contribution is 2.28. The molecule has 4 rings (SSSR count). The largest absolute Gasteiger partial charge is 0.325 e. The summed E-state index contributed by atoms with van der Waals surface area (Å²) in [6, 6.07) is 11.9. The fraction of sp³-hybridized carbons (Fsp3) is 0.190. The van der Waals surface area contributed by atoms with E-state index < -0.39 is 32.0 Å². The van der Waals surface area contributed by atoms with Crippen molar-refractivity contribution in [2.24, 2.45) is 0 Å². The predicted octanol–water partition coefficient (Wildman–Crippen LogP) is 2.72. The molecule has 1 aliphatic heterocycles. The molecule has 13 heteroatoms. The van der Waals surface area contributed by atoms with Gasteiger partial charge in [-0.2, -0.15) is 4.31 Å². The number of sulfonamides is 2. The minimum absolute atomic E-state index is 0.0502. The van der Waals surface area contributed by atoms with Gasteiger partial charge in [0.05, 0.1) is 9.79 Å². The molecule has 1 unspecified atom stereocenters. The van der Waals surface area contributed by atoms with E-state index in [1.54, 1.807) is 6.07 Å². The molecule has 0 saturated carbocycles. The number of rotatable bonds is 7. The van der Waals surface area contributed by atoms with Crippen molar-refractivity contribution in [1.29, 1.82) is 0 Å². The van der Waals surface area contributed by atoms with Crippen LogP contribution in [0.1, 0.15) is 12.8 Å². The van der Waals surface area contributed by atoms with Crippen LogP contribution in [0.2, 0.25) is 5.02 Å². The maximum absolute atomic E-state index is 13.0. The quantitative estimate of drug-likeness (QED) is 0.487. The van der Waals surface area contributed by atoms with Gasteiger partial charge in [-0.3, -0.25) is 4.79 Å². The highest BCUT2D eigenvalue weighted by atomic mass is 35.5. The van der Waals surface area contributed by atoms with Crippen LogP contribution in [0.15, 0.2) is 76.8 Å². The number of anilines is 2. The molecular formula is C21H20ClN5O5S2. The van der Waals surface area contributed by atoms with Gasteiger partial charge in [-0.15, -0.1) is 0 Å². The number of hydrogen-bond acceptors (Lipinski definition) is 7. The summed E-state index contributed by atoms with van der Waals surface area (Å²) in [6.07, 6.45) is 3.72. The van der Waals surface area contributed by atoms with Crippen LogP contribution in [0.4, 0.5) is 11.6 Å². The Hall–Kier alpha value is -3.06. The second-order valence-electron chi connectivity index (χ2n) is 7.42. The SMILES string of the molecule is O=C(Nc1ccc(S(=O)(=O)Nc2ncccn2)cc1)C1CCCN1S(=O)(=O)c1ccc(Cl)cc1. The van der Waals surface area contributed by atoms with E-state index in [4.69, 9.17) is 11.6 Å². The van der Waals surface area contributed by atoms with Crippen LogP contribution in [-0.4, -0.2) is 49.6 Å². The number of nitrogens with zero attached hydrogens (tertiary/aromatic N) is 3. The smallest absolute Gasteiger partial charge is 0.264 e. The van der Waals surface area contributed by atoms with E-state index in [0.29, 0.717) is 23.6 Å². The molecule has 1 aliphatic rings. The molecule has 2 aromatic carbocycles. The molecule has 1 amide bonds. The zero-order chi connectivity index (χ0) is 24.3. The number of hydrogen-bond donors (Lipinski definition) is 2. The lowest BCUT2D eigenvalue weighted by Crippen LogP contribution is -2.43. The molecule has 0 spiro atoms. The zero-order valence-corrected chi connectivity index (χ0v) is 20.0. The number of nitrogens with one attached hydrogen (secondary N) is 2. The van der Waals surface area contributed by atoms with E-state index in [1.165, 1.54) is 65.2 Å². The molecule has 178 valence electrons. The topological polar surface area (TPSA) is 138 Å². The molecule has 1 atom stereocenters. The summed E-state index contributed by atoms with van der Waals surface area (Å²) in [5.41, 5.74) is 0.329. The third-order valence-electron chi connectivity index (χ3n) is 5.15. The fourth-order valence-electron chi connectivity index (χ4n) is 3.51. The van der Waals surface area contributed by atoms with Gasteiger partial charge in [0.15, 0.2) is 0 Å². The van der Waals surface area contributed by atoms with Gasteiger partial charge in [-0.1, -0.05) is 11.6 Å². The minimum atomic E-state index is -3.92. The summed E-state index contributed by atoms with van der Waals surface area (Å²) in [6.45, 7) is 0.216. The van der Waals surface area contributed by atoms with Gasteiger partial charge in [-0.25, -0.2) is 31.5 Å². The first-order valence-electron chi connectivity index (χ1n) is 10.1. The molecule has 1 fully saturated rings. The molecule has 2 N–H and O–H groups in total. The van der Waals surface area contributed by atoms with Crippen molar-refractivity contribution in [3.05, 3.63) is 72.0 Å². The van der Waals surface area contributed by atoms with Crippen molar-refractivity contribution >= 4 is 49.2 Å². The molecule has 0 bridgehead atoms. The highest BCUT2D eigenvalue weighted by molar-refractivity contribution is 7.92. The Morgan fingerprint density at radius 3 is 2.21 bits per heavy atom. The molecule has 0 aliphatic carbocycles. The number of benzene rings is 2. The number of aromatic nitrogens is 2. The molecule has 0 radical (unpaired) electrons. The van der Waals surface area contributed by atoms with Crippen molar-refractivity contribution in [2.45, 2.75) is 28.7 Å². The van der Waals surface area contributed by atoms with E-state index in [2.05, 4.69) is 20.0 Å². The highest BCUT2D eigenvalue weighted by Gasteiger charge is 2.39. The molecule has 10 nitrogen and oxygen atoms in total. The standard InChI is InChI=1S/C21H20ClN5O5S2/c22-15-4-8-18(9-5-15)34(31,32)27-14-1-3-19(27)20(28)25-16-6-10-17(11-7-16)33(29,30)26-21-23-12-2-13-24-21/h2,4-13,19H,1,3,14H2,(H,25,28)(H,23,24,26). The van der Waals surface area contributed by atoms with Crippen LogP contribution in [0.3, 0.4) is 0 Å². The maximum atomic E-state index is 13.0. The second-order valence-corrected chi connectivity index (χ2v) is 11.4. The Balaban J connectivity index is 1.46. The Morgan fingerprint density at radius 1 is 0.941 bits per heavy atom. The van der Waals surface area contributed by atoms with Crippen LogP contribution in [0, 0.1) is 0 Å². The lowest BCUT2D eigenvalue weighted by atomic mass is 10.2. The van der Waals surface area contributed by atoms with Crippen molar-refractivity contribution in [1.82, 2.24) is 14.3 Å². The normalized spacial score (nSPS) is 16.8. The van der Waals surface area contributed by atoms with Gasteiger partial charge >= 0.3 is 0 Å². The van der Waals surface area contributed by atoms with E-state index in [-0.39, 0.29) is 22.3 Å². The zero-order valence-electron chi connectivity index (χ0n) is 17.6. The van der Waals surface area contributed by atoms with E-state index in [0.717, 1.165) is 0 Å². The number of carbonyl (C=O) groups excluding carboxylic acids is 1. The Bertz CT molecular complexity index is 1380. The number of carbonyl (C=O) groups is 1. The molecule has 34 heavy (non-hydrogen) atoms. The van der Waals surface area contributed by atoms with Crippen LogP contribution < -0.4 is 10.0 Å². The first kappa shape index (κ1) is 24.1. The lowest BCUT2D eigenvalue weighted by Gasteiger charge is -2.23. The summed E-state index contributed by atoms with van der Waals surface area (Å²) < 4.78 is 54.5. The Morgan fingerprint density at radius 2 is 1.56 bits per heavy atom. The van der Waals surface area contributed by atoms with Crippen molar-refractivity contribution in [2.75, 3.05) is 16.6 Å². The molecule has 3 aromatic rings. The monoisotopic (exact) mass is 521 g/mol. The second kappa shape index (κ2) is 9.66. The van der Waals surface area contributed by atoms with Crippen molar-refractivity contribution < 1.29 is 21.6 Å². The number of amides is 1. The van der Waals surface area contributed by atoms with Gasteiger partial charge in [0.25, 0.3) is 10.0 Å². The van der Waals surface area contributed by atoms with Gasteiger partial charge in [0.1, 0.15) is 6.04 Å². The first-order chi connectivity index (χ1) is 16.2. The molecule has 1 saturated heterocycles. The Kier molecular flexibility index (Phi) is 6.84. The summed E-state index contributed by atoms with van der Waals surface area (Å²) in [7, 11) is -7.80. The van der Waals surface area contributed by atoms with Crippen LogP contribution in [-0.2, 0) is 24.8 Å². The molecule has 1 aromatic heterocycles. The molecule has 2 heterocycles. The van der Waals surface area contributed by atoms with Gasteiger partial charge in [-0.05, 0) is 67.4 Å². The average Bonchev–Trinajstić information content (AvgIpc) is 3.31. The van der Waals surface area contributed by atoms with Crippen LogP contribution in [0.25, 0.3) is 0 Å². The van der Waals surface area contributed by atoms with E-state index >= 15 is 0 Å². The summed E-state index contributed by atoms with van der Waals surface area (Å²) in [4.78, 5) is 20.6. The van der Waals surface area contributed by atoms with Crippen LogP contribution in [0.5, 0.6) is 0 Å². The Labute approximate surface area is 202 Å². The van der Waals surface area contributed by atoms with Crippen molar-refractivity contribution in [3.63, 3.8) is 0 Å². The summed E-state index contributed by atoms with van der Waals surface area (Å²) in [5.74, 6) is -0.565. The lowest BCUT2D eigenvalue weighted by molar-refractivity contribution is -0.119. The van der Waals surface area contributed by atoms with Crippen LogP contribution >= 0.6 is 11.6 Å². The van der Waals surface area contributed by atoms with Gasteiger partial charge < -0.3 is 5.32 Å². The van der Waals surface area contributed by atoms with E-state index in [9.17, 15) is 21.6 Å². The third kappa shape index (κ3) is 5.20. The predicted molar refractivity (Wildman–Crippen MR) is 126 cm³/mol. The van der Waals surface area contributed by atoms with Crippen molar-refractivity contribution in [3.8, 4) is 0 Å². The molecular weight excluding hydrogens is 502 g/mol. The van der Waals surface area contributed by atoms with Gasteiger partial charge in [0.2, 0.25) is 21.9 Å². The maximum Gasteiger partial charge on any atom is 0.264 e. The van der Waals surface area contributed by atoms with E-state index in [1.807, 2.05) is 0 Å². The summed E-state index contributed by atoms with van der Waals surface area (Å²) >= 11 is 5.85. The fourth-order valence-corrected chi connectivity index (χ4v) is 6.25. The minimum Gasteiger partial charge on any atom is -0.325 e. The number of halogens is 1. The summed E-state index contributed by atoms with van der Waals surface area (Å²) in [5, 5.41) is 3.08. The third-order valence-corrected chi connectivity index (χ3v) is 8.67.